The Kier molecular flexibility index (Phi) is 47.2. The van der Waals surface area contributed by atoms with E-state index in [1.54, 1.807) is 16.7 Å². The van der Waals surface area contributed by atoms with Gasteiger partial charge in [0.2, 0.25) is 17.1 Å². The Hall–Kier alpha value is -3.73. The standard InChI is InChI=1S/C17H30N2O3.C14H26N2O2.C12H22N2O.C11H19NO3.C6H15N.C3H5ClO.C3H7N.C2H4O2.2ClH/c1-5-15(20)19(14-6-7-14)12-13-8-10-18(11-9-13)16(21)22-17(2,3)4;1-14(2,3)18-13(17)16-8-6-11(7-9-16)10-15-12-4-5-12;1-2-12(15)14(11-3-4-11)9-10-5-7-13-8-6-10;1-11(2,3)15-10(14)12-6-4-9(8-13)5-7-12;1-4-7(5-2)6-3;1-2-3(4)5;4-3-1-2-3;1-2(3)4;;/h13-14H,5-12H2,1-4H3;11-12,15H,4-10H2,1-3H3;10-11,13H,2-9H2,1H3;8-9H,4-7H2,1-3H3;4-6H2,1-3H3;2H2,1H3;3H,1-2,4H2;1H3,(H,3,4);2*1H. The predicted octanol–water partition coefficient (Wildman–Crippen LogP) is 12.2. The molecular formula is C68H130Cl3N9O12. The largest absolute Gasteiger partial charge is 0.481 e. The van der Waals surface area contributed by atoms with Gasteiger partial charge in [-0.05, 0) is 234 Å². The molecule has 8 aliphatic rings. The maximum Gasteiger partial charge on any atom is 0.410 e. The van der Waals surface area contributed by atoms with Crippen molar-refractivity contribution < 1.29 is 57.7 Å². The normalized spacial score (nSPS) is 18.4. The van der Waals surface area contributed by atoms with Gasteiger partial charge in [-0.3, -0.25) is 19.2 Å². The molecular weight excluding hydrogens is 1240 g/mol. The number of nitrogens with one attached hydrogen (secondary N) is 2. The lowest BCUT2D eigenvalue weighted by atomic mass is 9.96. The zero-order chi connectivity index (χ0) is 68.2. The van der Waals surface area contributed by atoms with E-state index >= 15 is 0 Å². The first kappa shape index (κ1) is 90.3. The summed E-state index contributed by atoms with van der Waals surface area (Å²) in [5.74, 6) is 1.89. The minimum Gasteiger partial charge on any atom is -0.481 e. The maximum atomic E-state index is 12.1. The summed E-state index contributed by atoms with van der Waals surface area (Å²) in [6, 6.07) is 2.44. The van der Waals surface area contributed by atoms with Gasteiger partial charge in [0.1, 0.15) is 23.1 Å². The number of carboxylic acid groups (broad SMARTS) is 1. The van der Waals surface area contributed by atoms with Crippen LogP contribution in [0.4, 0.5) is 14.4 Å². The average Bonchev–Trinajstić information content (AvgIpc) is 2.10. The van der Waals surface area contributed by atoms with Gasteiger partial charge in [-0.1, -0.05) is 41.5 Å². The molecule has 8 fully saturated rings. The van der Waals surface area contributed by atoms with Gasteiger partial charge in [0.05, 0.1) is 0 Å². The van der Waals surface area contributed by atoms with Crippen molar-refractivity contribution in [3.05, 3.63) is 0 Å². The van der Waals surface area contributed by atoms with Gasteiger partial charge >= 0.3 is 18.3 Å². The molecule has 4 saturated carbocycles. The van der Waals surface area contributed by atoms with Crippen molar-refractivity contribution in [2.24, 2.45) is 29.4 Å². The van der Waals surface area contributed by atoms with Crippen LogP contribution in [0.5, 0.6) is 0 Å². The molecule has 0 aromatic rings. The number of rotatable bonds is 16. The van der Waals surface area contributed by atoms with Crippen LogP contribution in [0.1, 0.15) is 233 Å². The van der Waals surface area contributed by atoms with Crippen LogP contribution in [0.3, 0.4) is 0 Å². The number of amides is 5. The van der Waals surface area contributed by atoms with Gasteiger partial charge in [0.25, 0.3) is 5.97 Å². The number of carbonyl (C=O) groups is 8. The van der Waals surface area contributed by atoms with E-state index in [0.717, 1.165) is 141 Å². The molecule has 0 unspecified atom stereocenters. The molecule has 0 spiro atoms. The maximum absolute atomic E-state index is 12.1. The second-order valence-electron chi connectivity index (χ2n) is 28.1. The summed E-state index contributed by atoms with van der Waals surface area (Å²) in [7, 11) is 0. The van der Waals surface area contributed by atoms with Crippen LogP contribution in [-0.4, -0.2) is 215 Å². The summed E-state index contributed by atoms with van der Waals surface area (Å²) in [6.45, 7) is 43.4. The van der Waals surface area contributed by atoms with Crippen LogP contribution in [0.2, 0.25) is 0 Å². The van der Waals surface area contributed by atoms with Crippen molar-refractivity contribution >= 4 is 84.0 Å². The van der Waals surface area contributed by atoms with Crippen LogP contribution >= 0.6 is 36.4 Å². The summed E-state index contributed by atoms with van der Waals surface area (Å²) in [4.78, 5) is 100. The number of nitrogens with two attached hydrogens (primary N) is 1. The molecule has 5 amide bonds. The molecule has 0 bridgehead atoms. The Morgan fingerprint density at radius 1 is 0.533 bits per heavy atom. The highest BCUT2D eigenvalue weighted by molar-refractivity contribution is 6.63. The fraction of sp³-hybridized carbons (Fsp3) is 0.882. The summed E-state index contributed by atoms with van der Waals surface area (Å²) in [5.41, 5.74) is 3.95. The third kappa shape index (κ3) is 46.4. The smallest absolute Gasteiger partial charge is 0.410 e. The van der Waals surface area contributed by atoms with Crippen LogP contribution in [0.25, 0.3) is 0 Å². The summed E-state index contributed by atoms with van der Waals surface area (Å²) in [5, 5.41) is 14.1. The van der Waals surface area contributed by atoms with E-state index in [0.29, 0.717) is 62.3 Å². The number of aldehydes is 1. The molecule has 0 atom stereocenters. The van der Waals surface area contributed by atoms with Crippen LogP contribution in [0.15, 0.2) is 0 Å². The lowest BCUT2D eigenvalue weighted by molar-refractivity contribution is -0.134. The van der Waals surface area contributed by atoms with Crippen LogP contribution in [0, 0.1) is 23.7 Å². The first-order valence-electron chi connectivity index (χ1n) is 34.5. The predicted molar refractivity (Wildman–Crippen MR) is 374 cm³/mol. The van der Waals surface area contributed by atoms with Crippen molar-refractivity contribution in [1.29, 1.82) is 0 Å². The van der Waals surface area contributed by atoms with E-state index in [2.05, 4.69) is 46.1 Å². The van der Waals surface area contributed by atoms with Gasteiger partial charge in [0.15, 0.2) is 0 Å². The third-order valence-electron chi connectivity index (χ3n) is 16.0. The van der Waals surface area contributed by atoms with Gasteiger partial charge in [-0.25, -0.2) is 14.4 Å². The third-order valence-corrected chi connectivity index (χ3v) is 16.3. The highest BCUT2D eigenvalue weighted by Crippen LogP contribution is 2.32. The lowest BCUT2D eigenvalue weighted by Gasteiger charge is -2.35. The highest BCUT2D eigenvalue weighted by atomic mass is 35.5. The van der Waals surface area contributed by atoms with E-state index in [1.807, 2.05) is 81.1 Å². The number of nitrogens with zero attached hydrogens (tertiary/aromatic N) is 6. The fourth-order valence-electron chi connectivity index (χ4n) is 9.91. The second kappa shape index (κ2) is 48.0. The summed E-state index contributed by atoms with van der Waals surface area (Å²) in [6.07, 6.45) is 20.1. The Morgan fingerprint density at radius 2 is 0.837 bits per heavy atom. The average molecular weight is 1370 g/mol. The minimum absolute atomic E-state index is 0. The van der Waals surface area contributed by atoms with Gasteiger partial charge in [-0.2, -0.15) is 0 Å². The number of carboxylic acids is 1. The molecule has 0 radical (unpaired) electrons. The van der Waals surface area contributed by atoms with Crippen molar-refractivity contribution in [3.8, 4) is 0 Å². The summed E-state index contributed by atoms with van der Waals surface area (Å²) < 4.78 is 16.1. The van der Waals surface area contributed by atoms with Gasteiger partial charge in [-0.15, -0.1) is 24.8 Å². The zero-order valence-corrected chi connectivity index (χ0v) is 62.3. The molecule has 4 aliphatic carbocycles. The van der Waals surface area contributed by atoms with Crippen molar-refractivity contribution in [3.63, 3.8) is 0 Å². The topological polar surface area (TPSA) is 254 Å². The molecule has 0 aromatic heterocycles. The zero-order valence-electron chi connectivity index (χ0n) is 59.9. The molecule has 92 heavy (non-hydrogen) atoms. The number of hydrogen-bond acceptors (Lipinski definition) is 15. The molecule has 4 saturated heterocycles. The molecule has 4 heterocycles. The number of halogens is 3. The highest BCUT2D eigenvalue weighted by Gasteiger charge is 2.36. The second-order valence-corrected chi connectivity index (χ2v) is 28.5. The molecule has 0 aromatic carbocycles. The molecule has 8 rings (SSSR count). The minimum atomic E-state index is -0.833. The number of piperidine rings is 4. The van der Waals surface area contributed by atoms with E-state index in [9.17, 15) is 33.6 Å². The van der Waals surface area contributed by atoms with Gasteiger partial charge in [0, 0.05) is 109 Å². The van der Waals surface area contributed by atoms with Crippen LogP contribution in [-0.2, 0) is 38.2 Å². The monoisotopic (exact) mass is 1370 g/mol. The number of hydrogen-bond donors (Lipinski definition) is 4. The SMILES string of the molecule is CC(=O)O.CC(C)(C)OC(=O)N1CCC(C=O)CC1.CC(C)(C)OC(=O)N1CCC(CNC2CC2)CC1.CCC(=O)Cl.CCC(=O)N(CC1CCN(C(=O)OC(C)(C)C)CC1)C1CC1.CCC(=O)N(CC1CCNCC1)C1CC1.CCN(CC)CC.Cl.Cl.NC1CC1. The number of carbonyl (C=O) groups excluding carboxylic acids is 7. The van der Waals surface area contributed by atoms with E-state index < -0.39 is 17.2 Å². The van der Waals surface area contributed by atoms with Crippen molar-refractivity contribution in [1.82, 2.24) is 40.0 Å². The Labute approximate surface area is 573 Å². The van der Waals surface area contributed by atoms with Crippen molar-refractivity contribution in [2.45, 2.75) is 274 Å². The first-order valence-corrected chi connectivity index (χ1v) is 34.9. The number of ether oxygens (including phenoxy) is 3. The number of likely N-dealkylation sites (tertiary alicyclic amines) is 3. The van der Waals surface area contributed by atoms with Crippen LogP contribution < -0.4 is 16.4 Å². The van der Waals surface area contributed by atoms with Gasteiger partial charge < -0.3 is 69.9 Å². The molecule has 5 N–H and O–H groups in total. The molecule has 24 heteroatoms. The molecule has 4 aliphatic heterocycles. The Morgan fingerprint density at radius 3 is 1.08 bits per heavy atom. The summed E-state index contributed by atoms with van der Waals surface area (Å²) >= 11 is 4.82. The van der Waals surface area contributed by atoms with Crippen molar-refractivity contribution in [2.75, 3.05) is 91.6 Å². The fourth-order valence-corrected chi connectivity index (χ4v) is 9.91. The number of aliphatic carboxylic acids is 1. The molecule has 21 nitrogen and oxygen atoms in total. The van der Waals surface area contributed by atoms with E-state index in [-0.39, 0.29) is 65.8 Å². The molecule has 540 valence electrons. The van der Waals surface area contributed by atoms with E-state index in [1.165, 1.54) is 71.0 Å². The quantitative estimate of drug-likeness (QED) is 0.0636. The first-order chi connectivity index (χ1) is 42.2. The lowest BCUT2D eigenvalue weighted by Crippen LogP contribution is -2.45. The van der Waals surface area contributed by atoms with E-state index in [4.69, 9.17) is 41.4 Å². The Balaban J connectivity index is 0. The Bertz CT molecular complexity index is 2040.